The zero-order valence-corrected chi connectivity index (χ0v) is 7.77. The van der Waals surface area contributed by atoms with Crippen LogP contribution in [0.1, 0.15) is 13.3 Å². The van der Waals surface area contributed by atoms with Crippen molar-refractivity contribution >= 4 is 0 Å². The second-order valence-corrected chi connectivity index (χ2v) is 2.86. The van der Waals surface area contributed by atoms with Gasteiger partial charge in [-0.05, 0) is 19.0 Å². The largest absolute Gasteiger partial charge is 0.300 e. The van der Waals surface area contributed by atoms with E-state index in [2.05, 4.69) is 23.4 Å². The van der Waals surface area contributed by atoms with Crippen LogP contribution in [0.4, 0.5) is 0 Å². The first-order valence-electron chi connectivity index (χ1n) is 4.47. The van der Waals surface area contributed by atoms with E-state index in [1.54, 1.807) is 10.9 Å². The molecule has 4 nitrogen and oxygen atoms in total. The van der Waals surface area contributed by atoms with E-state index in [4.69, 9.17) is 5.26 Å². The maximum absolute atomic E-state index is 8.80. The van der Waals surface area contributed by atoms with Crippen LogP contribution in [-0.2, 0) is 6.54 Å². The quantitative estimate of drug-likeness (QED) is 0.724. The first kappa shape index (κ1) is 9.75. The fourth-order valence-corrected chi connectivity index (χ4v) is 1.07. The van der Waals surface area contributed by atoms with Crippen molar-refractivity contribution in [3.63, 3.8) is 0 Å². The molecule has 4 heteroatoms. The minimum absolute atomic E-state index is 0.139. The molecule has 1 rings (SSSR count). The predicted molar refractivity (Wildman–Crippen MR) is 49.9 cm³/mol. The van der Waals surface area contributed by atoms with Crippen LogP contribution >= 0.6 is 0 Å². The predicted octanol–water partition coefficient (Wildman–Crippen LogP) is 0.775. The van der Waals surface area contributed by atoms with Crippen molar-refractivity contribution in [3.8, 4) is 6.07 Å². The van der Waals surface area contributed by atoms with Crippen molar-refractivity contribution in [2.45, 2.75) is 25.9 Å². The molecule has 0 saturated carbocycles. The van der Waals surface area contributed by atoms with Crippen molar-refractivity contribution in [1.82, 2.24) is 15.1 Å². The average Bonchev–Trinajstić information content (AvgIpc) is 2.64. The minimum atomic E-state index is -0.139. The van der Waals surface area contributed by atoms with Gasteiger partial charge < -0.3 is 5.32 Å². The molecule has 0 spiro atoms. The molecule has 1 aromatic rings. The molecule has 0 fully saturated rings. The molecule has 0 aliphatic heterocycles. The lowest BCUT2D eigenvalue weighted by molar-refractivity contribution is 0.491. The summed E-state index contributed by atoms with van der Waals surface area (Å²) in [7, 11) is 0. The summed E-state index contributed by atoms with van der Waals surface area (Å²) in [5, 5.41) is 16.0. The standard InChI is InChI=1S/C9H14N4/c1-2-4-11-9(7-10)8-13-6-3-5-12-13/h3,5-6,9,11H,2,4,8H2,1H3. The van der Waals surface area contributed by atoms with Gasteiger partial charge in [0, 0.05) is 12.4 Å². The van der Waals surface area contributed by atoms with Gasteiger partial charge in [-0.3, -0.25) is 4.68 Å². The van der Waals surface area contributed by atoms with E-state index in [1.807, 2.05) is 12.3 Å². The molecule has 0 saturated heterocycles. The van der Waals surface area contributed by atoms with Crippen molar-refractivity contribution in [3.05, 3.63) is 18.5 Å². The van der Waals surface area contributed by atoms with E-state index >= 15 is 0 Å². The Labute approximate surface area is 78.2 Å². The van der Waals surface area contributed by atoms with Gasteiger partial charge in [-0.15, -0.1) is 0 Å². The Morgan fingerprint density at radius 3 is 3.08 bits per heavy atom. The first-order chi connectivity index (χ1) is 6.36. The third-order valence-electron chi connectivity index (χ3n) is 1.73. The number of aromatic nitrogens is 2. The SMILES string of the molecule is CCCNC(C#N)Cn1cccn1. The molecule has 13 heavy (non-hydrogen) atoms. The third-order valence-corrected chi connectivity index (χ3v) is 1.73. The van der Waals surface area contributed by atoms with Crippen LogP contribution in [0.15, 0.2) is 18.5 Å². The number of hydrogen-bond donors (Lipinski definition) is 1. The number of hydrogen-bond acceptors (Lipinski definition) is 3. The number of nitrogens with zero attached hydrogens (tertiary/aromatic N) is 3. The molecule has 1 heterocycles. The van der Waals surface area contributed by atoms with Gasteiger partial charge in [0.25, 0.3) is 0 Å². The van der Waals surface area contributed by atoms with Crippen LogP contribution in [0, 0.1) is 11.3 Å². The van der Waals surface area contributed by atoms with Crippen LogP contribution in [-0.4, -0.2) is 22.4 Å². The van der Waals surface area contributed by atoms with Crippen LogP contribution in [0.2, 0.25) is 0 Å². The number of nitrogens with one attached hydrogen (secondary N) is 1. The summed E-state index contributed by atoms with van der Waals surface area (Å²) in [4.78, 5) is 0. The Morgan fingerprint density at radius 2 is 2.54 bits per heavy atom. The smallest absolute Gasteiger partial charge is 0.115 e. The highest BCUT2D eigenvalue weighted by molar-refractivity contribution is 4.90. The van der Waals surface area contributed by atoms with E-state index in [9.17, 15) is 0 Å². The van der Waals surface area contributed by atoms with Crippen LogP contribution in [0.3, 0.4) is 0 Å². The number of rotatable bonds is 5. The molecule has 0 aliphatic carbocycles. The summed E-state index contributed by atoms with van der Waals surface area (Å²) in [6, 6.07) is 3.92. The van der Waals surface area contributed by atoms with Gasteiger partial charge in [-0.1, -0.05) is 6.92 Å². The highest BCUT2D eigenvalue weighted by Crippen LogP contribution is 1.90. The molecule has 1 atom stereocenters. The second kappa shape index (κ2) is 5.33. The topological polar surface area (TPSA) is 53.6 Å². The van der Waals surface area contributed by atoms with Gasteiger partial charge in [0.1, 0.15) is 6.04 Å². The van der Waals surface area contributed by atoms with E-state index in [1.165, 1.54) is 0 Å². The lowest BCUT2D eigenvalue weighted by atomic mass is 10.3. The lowest BCUT2D eigenvalue weighted by Crippen LogP contribution is -2.32. The lowest BCUT2D eigenvalue weighted by Gasteiger charge is -2.09. The Kier molecular flexibility index (Phi) is 4.00. The van der Waals surface area contributed by atoms with Crippen molar-refractivity contribution < 1.29 is 0 Å². The Hall–Kier alpha value is -1.34. The first-order valence-corrected chi connectivity index (χ1v) is 4.47. The normalized spacial score (nSPS) is 12.3. The van der Waals surface area contributed by atoms with Gasteiger partial charge >= 0.3 is 0 Å². The molecule has 70 valence electrons. The maximum Gasteiger partial charge on any atom is 0.115 e. The molecule has 0 radical (unpaired) electrons. The van der Waals surface area contributed by atoms with E-state index < -0.39 is 0 Å². The highest BCUT2D eigenvalue weighted by Gasteiger charge is 2.05. The van der Waals surface area contributed by atoms with Crippen LogP contribution < -0.4 is 5.32 Å². The molecule has 1 aromatic heterocycles. The summed E-state index contributed by atoms with van der Waals surface area (Å²) in [5.41, 5.74) is 0. The fourth-order valence-electron chi connectivity index (χ4n) is 1.07. The Balaban J connectivity index is 2.37. The van der Waals surface area contributed by atoms with E-state index in [-0.39, 0.29) is 6.04 Å². The van der Waals surface area contributed by atoms with E-state index in [0.717, 1.165) is 13.0 Å². The zero-order chi connectivity index (χ0) is 9.52. The van der Waals surface area contributed by atoms with Gasteiger partial charge in [-0.25, -0.2) is 0 Å². The van der Waals surface area contributed by atoms with Crippen molar-refractivity contribution in [1.29, 1.82) is 5.26 Å². The molecule has 0 bridgehead atoms. The van der Waals surface area contributed by atoms with Gasteiger partial charge in [0.05, 0.1) is 12.6 Å². The molecule has 0 amide bonds. The molecule has 1 unspecified atom stereocenters. The van der Waals surface area contributed by atoms with Crippen LogP contribution in [0.25, 0.3) is 0 Å². The molecular formula is C9H14N4. The Bertz CT molecular complexity index is 260. The third kappa shape index (κ3) is 3.26. The molecule has 1 N–H and O–H groups in total. The summed E-state index contributed by atoms with van der Waals surface area (Å²) < 4.78 is 1.76. The zero-order valence-electron chi connectivity index (χ0n) is 7.77. The minimum Gasteiger partial charge on any atom is -0.300 e. The monoisotopic (exact) mass is 178 g/mol. The Morgan fingerprint density at radius 1 is 1.69 bits per heavy atom. The molecule has 0 aromatic carbocycles. The summed E-state index contributed by atoms with van der Waals surface area (Å²) in [5.74, 6) is 0. The van der Waals surface area contributed by atoms with Gasteiger partial charge in [0.2, 0.25) is 0 Å². The fraction of sp³-hybridized carbons (Fsp3) is 0.556. The van der Waals surface area contributed by atoms with Gasteiger partial charge in [-0.2, -0.15) is 10.4 Å². The summed E-state index contributed by atoms with van der Waals surface area (Å²) in [6.45, 7) is 3.57. The summed E-state index contributed by atoms with van der Waals surface area (Å²) in [6.07, 6.45) is 4.61. The summed E-state index contributed by atoms with van der Waals surface area (Å²) >= 11 is 0. The van der Waals surface area contributed by atoms with Crippen LogP contribution in [0.5, 0.6) is 0 Å². The maximum atomic E-state index is 8.80. The highest BCUT2D eigenvalue weighted by atomic mass is 15.3. The number of nitriles is 1. The second-order valence-electron chi connectivity index (χ2n) is 2.86. The van der Waals surface area contributed by atoms with Crippen molar-refractivity contribution in [2.24, 2.45) is 0 Å². The molecular weight excluding hydrogens is 164 g/mol. The van der Waals surface area contributed by atoms with Gasteiger partial charge in [0.15, 0.2) is 0 Å². The molecule has 0 aliphatic rings. The van der Waals surface area contributed by atoms with Crippen molar-refractivity contribution in [2.75, 3.05) is 6.54 Å². The average molecular weight is 178 g/mol. The van der Waals surface area contributed by atoms with E-state index in [0.29, 0.717) is 6.54 Å².